The molecule has 0 fully saturated rings. The van der Waals surface area contributed by atoms with Gasteiger partial charge in [0.25, 0.3) is 0 Å². The monoisotopic (exact) mass is 495 g/mol. The number of nitrogens with zero attached hydrogens (tertiary/aromatic N) is 3. The van der Waals surface area contributed by atoms with E-state index in [1.165, 1.54) is 0 Å². The Kier molecular flexibility index (Phi) is 10.3. The molecule has 0 bridgehead atoms. The number of aliphatic hydroxyl groups is 1. The predicted octanol–water partition coefficient (Wildman–Crippen LogP) is 5.38. The van der Waals surface area contributed by atoms with Crippen molar-refractivity contribution in [3.8, 4) is 28.6 Å². The lowest BCUT2D eigenvalue weighted by Gasteiger charge is -2.27. The van der Waals surface area contributed by atoms with Crippen molar-refractivity contribution in [2.45, 2.75) is 40.3 Å². The first-order chi connectivity index (χ1) is 17.3. The van der Waals surface area contributed by atoms with Crippen molar-refractivity contribution < 1.29 is 19.3 Å². The lowest BCUT2D eigenvalue weighted by molar-refractivity contribution is 0.00516. The number of hydrogen-bond donors (Lipinski definition) is 1. The Hall–Kier alpha value is -2.87. The molecular weight excluding hydrogens is 454 g/mol. The van der Waals surface area contributed by atoms with Crippen LogP contribution in [0.4, 0.5) is 0 Å². The fraction of sp³-hybridized carbons (Fsp3) is 0.483. The first-order valence-corrected chi connectivity index (χ1v) is 12.7. The molecule has 0 aliphatic carbocycles. The van der Waals surface area contributed by atoms with Crippen LogP contribution in [0.3, 0.4) is 0 Å². The summed E-state index contributed by atoms with van der Waals surface area (Å²) < 4.78 is 19.3. The van der Waals surface area contributed by atoms with Crippen molar-refractivity contribution in [2.75, 3.05) is 33.4 Å². The van der Waals surface area contributed by atoms with Crippen LogP contribution in [0.2, 0.25) is 0 Å². The van der Waals surface area contributed by atoms with Crippen LogP contribution in [0, 0.1) is 11.8 Å². The van der Waals surface area contributed by atoms with E-state index in [2.05, 4.69) is 44.7 Å². The smallest absolute Gasteiger partial charge is 0.222 e. The van der Waals surface area contributed by atoms with Gasteiger partial charge in [-0.3, -0.25) is 4.90 Å². The second-order valence-corrected chi connectivity index (χ2v) is 10.1. The molecule has 1 aromatic heterocycles. The number of ether oxygens (including phenoxy) is 3. The van der Waals surface area contributed by atoms with Crippen molar-refractivity contribution in [1.29, 1.82) is 0 Å². The van der Waals surface area contributed by atoms with Crippen molar-refractivity contribution >= 4 is 0 Å². The van der Waals surface area contributed by atoms with Gasteiger partial charge in [-0.25, -0.2) is 4.68 Å². The first kappa shape index (κ1) is 27.7. The molecule has 0 spiro atoms. The highest BCUT2D eigenvalue weighted by Gasteiger charge is 2.24. The number of benzene rings is 2. The summed E-state index contributed by atoms with van der Waals surface area (Å²) in [5.41, 5.74) is 2.87. The minimum atomic E-state index is -0.581. The zero-order chi connectivity index (χ0) is 26.1. The van der Waals surface area contributed by atoms with Crippen molar-refractivity contribution in [3.63, 3.8) is 0 Å². The molecule has 0 aliphatic heterocycles. The SMILES string of the molecule is COc1cccc(Oc2c(CN(CC(C)C)C[C@@H](O)COCC(C)C)c(-c3ccccc3)nn2C)c1. The third kappa shape index (κ3) is 8.08. The molecule has 3 aromatic rings. The number of aromatic nitrogens is 2. The summed E-state index contributed by atoms with van der Waals surface area (Å²) in [5.74, 6) is 2.93. The molecule has 0 unspecified atom stereocenters. The predicted molar refractivity (Wildman–Crippen MR) is 143 cm³/mol. The zero-order valence-electron chi connectivity index (χ0n) is 22.5. The maximum absolute atomic E-state index is 10.7. The van der Waals surface area contributed by atoms with Crippen LogP contribution in [-0.4, -0.2) is 59.3 Å². The van der Waals surface area contributed by atoms with Gasteiger partial charge in [0.2, 0.25) is 5.88 Å². The highest BCUT2D eigenvalue weighted by molar-refractivity contribution is 5.65. The lowest BCUT2D eigenvalue weighted by Crippen LogP contribution is -2.37. The lowest BCUT2D eigenvalue weighted by atomic mass is 10.1. The minimum absolute atomic E-state index is 0.318. The summed E-state index contributed by atoms with van der Waals surface area (Å²) >= 11 is 0. The molecule has 36 heavy (non-hydrogen) atoms. The van der Waals surface area contributed by atoms with Crippen LogP contribution in [0.5, 0.6) is 17.4 Å². The highest BCUT2D eigenvalue weighted by atomic mass is 16.5. The van der Waals surface area contributed by atoms with Gasteiger partial charge in [-0.2, -0.15) is 5.10 Å². The molecule has 0 radical (unpaired) electrons. The number of aliphatic hydroxyl groups excluding tert-OH is 1. The van der Waals surface area contributed by atoms with Crippen molar-refractivity contribution in [3.05, 3.63) is 60.2 Å². The molecular formula is C29H41N3O4. The van der Waals surface area contributed by atoms with Crippen LogP contribution in [0.15, 0.2) is 54.6 Å². The fourth-order valence-electron chi connectivity index (χ4n) is 4.16. The van der Waals surface area contributed by atoms with Gasteiger partial charge in [-0.15, -0.1) is 0 Å². The molecule has 1 N–H and O–H groups in total. The van der Waals surface area contributed by atoms with Gasteiger partial charge >= 0.3 is 0 Å². The maximum Gasteiger partial charge on any atom is 0.222 e. The normalized spacial score (nSPS) is 12.5. The molecule has 3 rings (SSSR count). The van der Waals surface area contributed by atoms with E-state index in [-0.39, 0.29) is 0 Å². The Balaban J connectivity index is 1.93. The fourth-order valence-corrected chi connectivity index (χ4v) is 4.16. The number of methoxy groups -OCH3 is 1. The van der Waals surface area contributed by atoms with E-state index in [1.807, 2.05) is 49.5 Å². The van der Waals surface area contributed by atoms with Crippen LogP contribution >= 0.6 is 0 Å². The van der Waals surface area contributed by atoms with Crippen molar-refractivity contribution in [1.82, 2.24) is 14.7 Å². The summed E-state index contributed by atoms with van der Waals surface area (Å²) in [6.45, 7) is 11.4. The number of aryl methyl sites for hydroxylation is 1. The van der Waals surface area contributed by atoms with E-state index in [4.69, 9.17) is 19.3 Å². The van der Waals surface area contributed by atoms with E-state index in [9.17, 15) is 5.11 Å². The summed E-state index contributed by atoms with van der Waals surface area (Å²) in [6, 6.07) is 17.7. The standard InChI is InChI=1S/C29H41N3O4/c1-21(2)16-32(17-24(33)20-35-19-22(3)4)18-27-28(23-11-8-7-9-12-23)30-31(5)29(27)36-26-14-10-13-25(15-26)34-6/h7-15,21-22,24,33H,16-20H2,1-6H3/t24-/m1/s1. The maximum atomic E-state index is 10.7. The summed E-state index contributed by atoms with van der Waals surface area (Å²) in [4.78, 5) is 2.26. The molecule has 0 saturated heterocycles. The number of hydrogen-bond acceptors (Lipinski definition) is 6. The van der Waals surface area contributed by atoms with E-state index in [0.29, 0.717) is 49.8 Å². The Bertz CT molecular complexity index is 1070. The van der Waals surface area contributed by atoms with Crippen LogP contribution < -0.4 is 9.47 Å². The van der Waals surface area contributed by atoms with Gasteiger partial charge in [0, 0.05) is 44.9 Å². The van der Waals surface area contributed by atoms with Gasteiger partial charge in [-0.05, 0) is 24.0 Å². The first-order valence-electron chi connectivity index (χ1n) is 12.7. The minimum Gasteiger partial charge on any atom is -0.497 e. The average molecular weight is 496 g/mol. The van der Waals surface area contributed by atoms with E-state index >= 15 is 0 Å². The Morgan fingerprint density at radius 2 is 1.64 bits per heavy atom. The molecule has 0 amide bonds. The van der Waals surface area contributed by atoms with Crippen LogP contribution in [-0.2, 0) is 18.3 Å². The average Bonchev–Trinajstić information content (AvgIpc) is 3.14. The van der Waals surface area contributed by atoms with Gasteiger partial charge in [-0.1, -0.05) is 64.1 Å². The Labute approximate surface area is 215 Å². The summed E-state index contributed by atoms with van der Waals surface area (Å²) in [6.07, 6.45) is -0.581. The quantitative estimate of drug-likeness (QED) is 0.324. The molecule has 7 nitrogen and oxygen atoms in total. The molecule has 1 heterocycles. The van der Waals surface area contributed by atoms with Crippen molar-refractivity contribution in [2.24, 2.45) is 18.9 Å². The Morgan fingerprint density at radius 3 is 2.31 bits per heavy atom. The molecule has 7 heteroatoms. The highest BCUT2D eigenvalue weighted by Crippen LogP contribution is 2.35. The molecule has 0 aliphatic rings. The Morgan fingerprint density at radius 1 is 0.917 bits per heavy atom. The largest absolute Gasteiger partial charge is 0.497 e. The van der Waals surface area contributed by atoms with E-state index in [1.54, 1.807) is 11.8 Å². The topological polar surface area (TPSA) is 69.0 Å². The third-order valence-corrected chi connectivity index (χ3v) is 5.63. The van der Waals surface area contributed by atoms with Gasteiger partial charge in [0.15, 0.2) is 0 Å². The number of rotatable bonds is 14. The molecule has 196 valence electrons. The summed E-state index contributed by atoms with van der Waals surface area (Å²) in [7, 11) is 3.54. The molecule has 0 saturated carbocycles. The second kappa shape index (κ2) is 13.4. The molecule has 1 atom stereocenters. The van der Waals surface area contributed by atoms with E-state index < -0.39 is 6.10 Å². The third-order valence-electron chi connectivity index (χ3n) is 5.63. The van der Waals surface area contributed by atoms with Gasteiger partial charge < -0.3 is 19.3 Å². The van der Waals surface area contributed by atoms with Crippen LogP contribution in [0.25, 0.3) is 11.3 Å². The molecule has 2 aromatic carbocycles. The van der Waals surface area contributed by atoms with Gasteiger partial charge in [0.1, 0.15) is 17.2 Å². The van der Waals surface area contributed by atoms with Crippen LogP contribution in [0.1, 0.15) is 33.3 Å². The van der Waals surface area contributed by atoms with Gasteiger partial charge in [0.05, 0.1) is 25.4 Å². The zero-order valence-corrected chi connectivity index (χ0v) is 22.5. The summed E-state index contributed by atoms with van der Waals surface area (Å²) in [5, 5.41) is 15.6. The van der Waals surface area contributed by atoms with E-state index in [0.717, 1.165) is 29.1 Å². The second-order valence-electron chi connectivity index (χ2n) is 10.1.